The highest BCUT2D eigenvalue weighted by atomic mass is 35.5. The van der Waals surface area contributed by atoms with Gasteiger partial charge in [-0.3, -0.25) is 23.0 Å². The minimum atomic E-state index is -4.29. The molecule has 1 aromatic carbocycles. The molecule has 14 atom stereocenters. The predicted octanol–water partition coefficient (Wildman–Crippen LogP) is 6.48. The Balaban J connectivity index is 0.000000173. The summed E-state index contributed by atoms with van der Waals surface area (Å²) in [6.07, 6.45) is -0.316. The molecule has 3 aliphatic heterocycles. The number of halogens is 4. The van der Waals surface area contributed by atoms with Crippen LogP contribution in [0.5, 0.6) is 5.75 Å². The predicted molar refractivity (Wildman–Crippen MR) is 327 cm³/mol. The molecule has 1 unspecified atom stereocenters. The number of para-hydroxylation sites is 1. The lowest BCUT2D eigenvalue weighted by Gasteiger charge is -2.25. The molecule has 0 radical (unpaired) electrons. The smallest absolute Gasteiger partial charge is 0.459 e. The van der Waals surface area contributed by atoms with Gasteiger partial charge in [0.2, 0.25) is 17.8 Å². The molecule has 2 saturated carbocycles. The maximum atomic E-state index is 16.2. The fraction of sp³-hybridized carbons (Fsp3) is 0.607. The van der Waals surface area contributed by atoms with Crippen LogP contribution in [-0.4, -0.2) is 179 Å². The van der Waals surface area contributed by atoms with Crippen molar-refractivity contribution in [2.24, 2.45) is 5.92 Å². The van der Waals surface area contributed by atoms with Crippen molar-refractivity contribution in [1.29, 1.82) is 0 Å². The average Bonchev–Trinajstić information content (AvgIpc) is 1.60. The standard InChI is InChI=1S/C27H37FN7O7P.C15H21FN6O3.C13H17ClFN5O.CH4/c1-15(2)40-24(37)16(3)33-43(38,42-18-9-7-6-8-10-18)39-13-19-21(36)27(4,28)25(41-19)35-14-30-20-22(34(5)17-11-12-17)31-26(29)32-23(20)35;1-15(16)10(24)8(5-23)25-13(15)22-6-18-9-11(21(2)7-3-4-7)19-14(17)20-12(9)22;1-4-7-6(2)13(3,15)11(21-7)20-5-17-8-9(14)18-12(16)19-10(8)20;/h6-10,14-17,19,21,25,36H,11-13H2,1-5H3,(H,33,38)(H2,29,31,32);6-8,10,13,23-24H,3-5H2,1-2H3,(H2,17,19,20);5-7,11H,4H2,1-3H3,(H2,16,18,19);1H4/t16-,19+,21+,25+,27+,43?;8-,10-,13-,15-;6-,7-,11-,13-;/m011./s1. The van der Waals surface area contributed by atoms with Gasteiger partial charge in [-0.1, -0.05) is 51.1 Å². The van der Waals surface area contributed by atoms with E-state index in [1.807, 2.05) is 37.7 Å². The molecule has 6 aromatic heterocycles. The number of anilines is 5. The van der Waals surface area contributed by atoms with Gasteiger partial charge in [0.15, 0.2) is 80.5 Å². The van der Waals surface area contributed by atoms with E-state index in [4.69, 9.17) is 56.8 Å². The van der Waals surface area contributed by atoms with Crippen LogP contribution in [0.15, 0.2) is 49.3 Å². The zero-order valence-electron chi connectivity index (χ0n) is 50.6. The van der Waals surface area contributed by atoms with E-state index in [9.17, 15) is 24.7 Å². The van der Waals surface area contributed by atoms with Crippen molar-refractivity contribution >= 4 is 88.3 Å². The highest BCUT2D eigenvalue weighted by Crippen LogP contribution is 2.50. The first-order valence-corrected chi connectivity index (χ1v) is 31.0. The summed E-state index contributed by atoms with van der Waals surface area (Å²) in [6, 6.07) is 7.78. The number of aliphatic hydroxyl groups is 3. The number of hydrogen-bond donors (Lipinski definition) is 7. The number of benzene rings is 1. The minimum absolute atomic E-state index is 0. The van der Waals surface area contributed by atoms with Gasteiger partial charge in [0.1, 0.15) is 41.7 Å². The Bertz CT molecular complexity index is 3730. The Labute approximate surface area is 521 Å². The van der Waals surface area contributed by atoms with Crippen LogP contribution < -0.4 is 36.6 Å². The van der Waals surface area contributed by atoms with Crippen LogP contribution >= 0.6 is 19.3 Å². The number of alkyl halides is 3. The number of aliphatic hydroxyl groups excluding tert-OH is 3. The number of esters is 1. The van der Waals surface area contributed by atoms with Crippen LogP contribution in [0.2, 0.25) is 5.15 Å². The Morgan fingerprint density at radius 3 is 1.61 bits per heavy atom. The summed E-state index contributed by atoms with van der Waals surface area (Å²) in [4.78, 5) is 54.3. The number of carbonyl (C=O) groups is 1. The summed E-state index contributed by atoms with van der Waals surface area (Å²) in [5.41, 5.74) is 13.7. The zero-order chi connectivity index (χ0) is 64.4. The van der Waals surface area contributed by atoms with Crippen LogP contribution in [0.25, 0.3) is 33.5 Å². The van der Waals surface area contributed by atoms with E-state index in [0.29, 0.717) is 51.6 Å². The largest absolute Gasteiger partial charge is 0.462 e. The molecule has 7 aromatic rings. The lowest BCUT2D eigenvalue weighted by atomic mass is 9.88. The van der Waals surface area contributed by atoms with Crippen LogP contribution in [0.3, 0.4) is 0 Å². The molecule has 492 valence electrons. The van der Waals surface area contributed by atoms with Gasteiger partial charge in [-0.2, -0.15) is 35.0 Å². The number of nitrogens with zero attached hydrogens (tertiary/aromatic N) is 14. The van der Waals surface area contributed by atoms with Gasteiger partial charge in [-0.15, -0.1) is 0 Å². The number of nitrogen functional groups attached to an aromatic ring is 3. The summed E-state index contributed by atoms with van der Waals surface area (Å²) in [7, 11) is -0.494. The number of hydrogen-bond acceptors (Lipinski definition) is 25. The van der Waals surface area contributed by atoms with Gasteiger partial charge in [-0.05, 0) is 85.8 Å². The Hall–Kier alpha value is -6.87. The van der Waals surface area contributed by atoms with Crippen molar-refractivity contribution in [2.75, 3.05) is 54.3 Å². The summed E-state index contributed by atoms with van der Waals surface area (Å²) in [5.74, 6) is 0.425. The molecule has 12 rings (SSSR count). The molecule has 5 fully saturated rings. The first-order chi connectivity index (χ1) is 42.0. The topological polar surface area (TPSA) is 378 Å². The van der Waals surface area contributed by atoms with Crippen LogP contribution in [0.1, 0.15) is 114 Å². The number of aromatic nitrogens is 12. The molecule has 34 heteroatoms. The molecular weight excluding hydrogens is 1220 g/mol. The second-order valence-corrected chi connectivity index (χ2v) is 25.7. The maximum Gasteiger partial charge on any atom is 0.459 e. The number of ether oxygens (including phenoxy) is 4. The molecule has 0 spiro atoms. The van der Waals surface area contributed by atoms with E-state index in [-0.39, 0.29) is 53.8 Å². The van der Waals surface area contributed by atoms with Crippen LogP contribution in [-0.2, 0) is 32.8 Å². The number of imidazole rings is 3. The molecule has 0 amide bonds. The molecule has 10 N–H and O–H groups in total. The Morgan fingerprint density at radius 2 is 1.17 bits per heavy atom. The minimum Gasteiger partial charge on any atom is -0.462 e. The quantitative estimate of drug-likeness (QED) is 0.0274. The van der Waals surface area contributed by atoms with Gasteiger partial charge < -0.3 is 65.8 Å². The Kier molecular flexibility index (Phi) is 19.5. The lowest BCUT2D eigenvalue weighted by Crippen LogP contribution is -2.41. The highest BCUT2D eigenvalue weighted by Gasteiger charge is 2.58. The number of nitrogens with two attached hydrogens (primary N) is 3. The third-order valence-electron chi connectivity index (χ3n) is 16.5. The SMILES string of the molecule is C.CC(C)OC(=O)[C@H](C)NP(=O)(OC[C@H]1O[C@@H](n2cnc3c(N(C)C4CC4)nc(N)nc32)[C@](C)(F)[C@@H]1O)Oc1ccccc1.CC[C@H]1O[C@@H](n2cnc3c(Cl)nc(N)nc32)[C@](C)(F)[C@@H]1C.CN(c1nc(N)nc2c1ncn2[C@@H]1O[C@H](CO)[C@@H](O)[C@@]1(C)F)C1CC1. The third-order valence-corrected chi connectivity index (χ3v) is 18.4. The summed E-state index contributed by atoms with van der Waals surface area (Å²) in [5, 5.41) is 33.1. The monoisotopic (exact) mass is 1300 g/mol. The fourth-order valence-corrected chi connectivity index (χ4v) is 12.7. The van der Waals surface area contributed by atoms with Crippen molar-refractivity contribution in [3.63, 3.8) is 0 Å². The average molecular weight is 1300 g/mol. The van der Waals surface area contributed by atoms with Crippen molar-refractivity contribution < 1.29 is 65.8 Å². The zero-order valence-corrected chi connectivity index (χ0v) is 52.3. The normalized spacial score (nSPS) is 29.1. The van der Waals surface area contributed by atoms with E-state index in [0.717, 1.165) is 32.1 Å². The van der Waals surface area contributed by atoms with Crippen LogP contribution in [0, 0.1) is 5.92 Å². The molecule has 29 nitrogen and oxygen atoms in total. The van der Waals surface area contributed by atoms with Gasteiger partial charge in [0.05, 0.1) is 44.4 Å². The fourth-order valence-electron chi connectivity index (χ4n) is 11.0. The van der Waals surface area contributed by atoms with Gasteiger partial charge >= 0.3 is 13.7 Å². The van der Waals surface area contributed by atoms with E-state index in [1.54, 1.807) is 48.7 Å². The molecule has 3 saturated heterocycles. The maximum absolute atomic E-state index is 16.2. The molecular formula is C56H79ClF3N18O11P. The van der Waals surface area contributed by atoms with Crippen molar-refractivity contribution in [1.82, 2.24) is 63.6 Å². The molecule has 9 heterocycles. The van der Waals surface area contributed by atoms with E-state index in [2.05, 4.69) is 49.9 Å². The summed E-state index contributed by atoms with van der Waals surface area (Å²) in [6.45, 7) is 11.5. The number of rotatable bonds is 18. The summed E-state index contributed by atoms with van der Waals surface area (Å²) >= 11 is 6.00. The summed E-state index contributed by atoms with van der Waals surface area (Å²) < 4.78 is 98.3. The highest BCUT2D eigenvalue weighted by molar-refractivity contribution is 7.52. The number of nitrogens with one attached hydrogen (secondary N) is 1. The van der Waals surface area contributed by atoms with Gasteiger partial charge in [0, 0.05) is 32.1 Å². The first-order valence-electron chi connectivity index (χ1n) is 29.1. The second-order valence-electron chi connectivity index (χ2n) is 23.7. The van der Waals surface area contributed by atoms with Gasteiger partial charge in [0.25, 0.3) is 0 Å². The van der Waals surface area contributed by atoms with Crippen molar-refractivity contribution in [2.45, 2.75) is 185 Å². The van der Waals surface area contributed by atoms with E-state index < -0.39 is 99.2 Å². The molecule has 2 aliphatic carbocycles. The third kappa shape index (κ3) is 13.3. The number of fused-ring (bicyclic) bond motifs is 3. The number of carbonyl (C=O) groups excluding carboxylic acids is 1. The molecule has 5 aliphatic rings. The second kappa shape index (κ2) is 26.0. The van der Waals surface area contributed by atoms with Crippen LogP contribution in [0.4, 0.5) is 42.7 Å². The van der Waals surface area contributed by atoms with Gasteiger partial charge in [-0.25, -0.2) is 32.7 Å². The molecule has 90 heavy (non-hydrogen) atoms. The van der Waals surface area contributed by atoms with Crippen molar-refractivity contribution in [3.05, 3.63) is 54.5 Å². The Morgan fingerprint density at radius 1 is 0.733 bits per heavy atom. The lowest BCUT2D eigenvalue weighted by molar-refractivity contribution is -0.149. The van der Waals surface area contributed by atoms with Crippen molar-refractivity contribution in [3.8, 4) is 5.75 Å². The van der Waals surface area contributed by atoms with E-state index in [1.165, 1.54) is 55.8 Å². The van der Waals surface area contributed by atoms with E-state index >= 15 is 13.2 Å². The molecule has 0 bridgehead atoms. The first kappa shape index (κ1) is 67.5.